The summed E-state index contributed by atoms with van der Waals surface area (Å²) < 4.78 is 25.2. The average molecular weight is 351 g/mol. The first-order valence-corrected chi connectivity index (χ1v) is 9.66. The summed E-state index contributed by atoms with van der Waals surface area (Å²) in [5, 5.41) is 0. The molecule has 1 spiro atoms. The number of carbonyl (C=O) groups is 2. The number of nitrogens with zero attached hydrogens (tertiary/aromatic N) is 3. The minimum atomic E-state index is -3.33. The van der Waals surface area contributed by atoms with Gasteiger partial charge in [0.2, 0.25) is 21.8 Å². The van der Waals surface area contributed by atoms with Gasteiger partial charge in [-0.1, -0.05) is 18.2 Å². The maximum absolute atomic E-state index is 12.5. The van der Waals surface area contributed by atoms with Crippen LogP contribution >= 0.6 is 0 Å². The summed E-state index contributed by atoms with van der Waals surface area (Å²) in [6, 6.07) is 9.27. The quantitative estimate of drug-likeness (QED) is 0.767. The molecule has 7 nitrogen and oxygen atoms in total. The van der Waals surface area contributed by atoms with Gasteiger partial charge in [-0.05, 0) is 18.6 Å². The van der Waals surface area contributed by atoms with Crippen molar-refractivity contribution in [2.45, 2.75) is 18.9 Å². The zero-order chi connectivity index (χ0) is 17.5. The molecule has 2 fully saturated rings. The first-order chi connectivity index (χ1) is 11.2. The Labute approximate surface area is 141 Å². The molecule has 0 N–H and O–H groups in total. The summed E-state index contributed by atoms with van der Waals surface area (Å²) in [5.41, 5.74) is 0.0986. The van der Waals surface area contributed by atoms with E-state index in [2.05, 4.69) is 0 Å². The van der Waals surface area contributed by atoms with Gasteiger partial charge < -0.3 is 9.80 Å². The highest BCUT2D eigenvalue weighted by Gasteiger charge is 2.51. The molecule has 0 saturated carbocycles. The zero-order valence-electron chi connectivity index (χ0n) is 13.8. The Balaban J connectivity index is 1.96. The summed E-state index contributed by atoms with van der Waals surface area (Å²) in [6.45, 7) is 2.29. The molecule has 0 aromatic heterocycles. The zero-order valence-corrected chi connectivity index (χ0v) is 14.6. The highest BCUT2D eigenvalue weighted by molar-refractivity contribution is 7.88. The minimum Gasteiger partial charge on any atom is -0.325 e. The lowest BCUT2D eigenvalue weighted by atomic mass is 9.92. The number of hydrogen-bond donors (Lipinski definition) is 0. The SMILES string of the molecule is CC(=O)N1CC(=O)N(c2ccccc2)C[C@@]12CCN(S(C)(=O)=O)C2. The second-order valence-electron chi connectivity index (χ2n) is 6.49. The van der Waals surface area contributed by atoms with Gasteiger partial charge in [0.1, 0.15) is 6.54 Å². The molecule has 1 aromatic carbocycles. The topological polar surface area (TPSA) is 78.0 Å². The van der Waals surface area contributed by atoms with Crippen molar-refractivity contribution < 1.29 is 18.0 Å². The molecule has 3 rings (SSSR count). The molecule has 8 heteroatoms. The Morgan fingerprint density at radius 3 is 2.38 bits per heavy atom. The number of benzene rings is 1. The van der Waals surface area contributed by atoms with Crippen LogP contribution in [0.25, 0.3) is 0 Å². The number of para-hydroxylation sites is 1. The summed E-state index contributed by atoms with van der Waals surface area (Å²) in [7, 11) is -3.33. The van der Waals surface area contributed by atoms with E-state index >= 15 is 0 Å². The van der Waals surface area contributed by atoms with Gasteiger partial charge in [-0.25, -0.2) is 8.42 Å². The third-order valence-electron chi connectivity index (χ3n) is 4.83. The van der Waals surface area contributed by atoms with Gasteiger partial charge in [-0.15, -0.1) is 0 Å². The number of sulfonamides is 1. The van der Waals surface area contributed by atoms with Crippen molar-refractivity contribution in [3.05, 3.63) is 30.3 Å². The van der Waals surface area contributed by atoms with E-state index in [1.165, 1.54) is 17.5 Å². The van der Waals surface area contributed by atoms with E-state index in [1.54, 1.807) is 9.80 Å². The lowest BCUT2D eigenvalue weighted by Gasteiger charge is -2.48. The molecule has 2 aliphatic rings. The number of piperazine rings is 1. The van der Waals surface area contributed by atoms with Crippen LogP contribution in [-0.2, 0) is 19.6 Å². The Morgan fingerprint density at radius 2 is 1.83 bits per heavy atom. The van der Waals surface area contributed by atoms with E-state index in [4.69, 9.17) is 0 Å². The van der Waals surface area contributed by atoms with E-state index in [1.807, 2.05) is 30.3 Å². The molecule has 0 radical (unpaired) electrons. The number of amides is 2. The highest BCUT2D eigenvalue weighted by Crippen LogP contribution is 2.35. The van der Waals surface area contributed by atoms with Gasteiger partial charge in [0, 0.05) is 25.7 Å². The molecule has 24 heavy (non-hydrogen) atoms. The second-order valence-corrected chi connectivity index (χ2v) is 8.47. The van der Waals surface area contributed by atoms with Crippen LogP contribution in [0.3, 0.4) is 0 Å². The van der Waals surface area contributed by atoms with Crippen LogP contribution in [-0.4, -0.2) is 67.4 Å². The smallest absolute Gasteiger partial charge is 0.246 e. The lowest BCUT2D eigenvalue weighted by molar-refractivity contribution is -0.142. The van der Waals surface area contributed by atoms with E-state index in [-0.39, 0.29) is 24.9 Å². The van der Waals surface area contributed by atoms with E-state index in [0.29, 0.717) is 19.5 Å². The van der Waals surface area contributed by atoms with Crippen LogP contribution in [0.15, 0.2) is 30.3 Å². The molecular weight excluding hydrogens is 330 g/mol. The molecule has 0 bridgehead atoms. The van der Waals surface area contributed by atoms with Gasteiger partial charge >= 0.3 is 0 Å². The molecular formula is C16H21N3O4S. The molecule has 2 heterocycles. The molecule has 0 unspecified atom stereocenters. The Kier molecular flexibility index (Phi) is 4.13. The molecule has 0 aliphatic carbocycles. The predicted octanol–water partition coefficient (Wildman–Crippen LogP) is 0.286. The van der Waals surface area contributed by atoms with Crippen LogP contribution in [0, 0.1) is 0 Å². The van der Waals surface area contributed by atoms with Gasteiger partial charge in [-0.2, -0.15) is 4.31 Å². The van der Waals surface area contributed by atoms with Crippen LogP contribution in [0.4, 0.5) is 5.69 Å². The maximum Gasteiger partial charge on any atom is 0.246 e. The third kappa shape index (κ3) is 2.91. The van der Waals surface area contributed by atoms with Crippen LogP contribution < -0.4 is 4.90 Å². The largest absolute Gasteiger partial charge is 0.325 e. The Bertz CT molecular complexity index is 765. The van der Waals surface area contributed by atoms with Gasteiger partial charge in [-0.3, -0.25) is 9.59 Å². The maximum atomic E-state index is 12.5. The first-order valence-electron chi connectivity index (χ1n) is 7.82. The van der Waals surface area contributed by atoms with Crippen molar-refractivity contribution >= 4 is 27.5 Å². The lowest BCUT2D eigenvalue weighted by Crippen LogP contribution is -2.67. The Morgan fingerprint density at radius 1 is 1.17 bits per heavy atom. The first kappa shape index (κ1) is 16.9. The standard InChI is InChI=1S/C16H21N3O4S/c1-13(20)19-10-15(21)18(14-6-4-3-5-7-14)12-16(19)8-9-17(11-16)24(2,22)23/h3-7H,8-12H2,1-2H3/t16-/m0/s1. The monoisotopic (exact) mass is 351 g/mol. The summed E-state index contributed by atoms with van der Waals surface area (Å²) >= 11 is 0. The number of hydrogen-bond acceptors (Lipinski definition) is 4. The normalized spacial score (nSPS) is 25.5. The van der Waals surface area contributed by atoms with Crippen molar-refractivity contribution in [2.75, 3.05) is 37.3 Å². The van der Waals surface area contributed by atoms with Crippen molar-refractivity contribution in [1.29, 1.82) is 0 Å². The van der Waals surface area contributed by atoms with Crippen molar-refractivity contribution in [1.82, 2.24) is 9.21 Å². The number of carbonyl (C=O) groups excluding carboxylic acids is 2. The fourth-order valence-corrected chi connectivity index (χ4v) is 4.49. The fourth-order valence-electron chi connectivity index (χ4n) is 3.60. The molecule has 1 atom stereocenters. The summed E-state index contributed by atoms with van der Waals surface area (Å²) in [4.78, 5) is 27.8. The van der Waals surface area contributed by atoms with Crippen molar-refractivity contribution in [3.63, 3.8) is 0 Å². The minimum absolute atomic E-state index is 0.0260. The molecule has 2 amide bonds. The van der Waals surface area contributed by atoms with Crippen LogP contribution in [0.1, 0.15) is 13.3 Å². The van der Waals surface area contributed by atoms with Crippen molar-refractivity contribution in [2.24, 2.45) is 0 Å². The van der Waals surface area contributed by atoms with E-state index < -0.39 is 15.6 Å². The van der Waals surface area contributed by atoms with Gasteiger partial charge in [0.25, 0.3) is 0 Å². The Hall–Kier alpha value is -1.93. The van der Waals surface area contributed by atoms with Gasteiger partial charge in [0.05, 0.1) is 18.3 Å². The van der Waals surface area contributed by atoms with E-state index in [9.17, 15) is 18.0 Å². The van der Waals surface area contributed by atoms with Crippen LogP contribution in [0.2, 0.25) is 0 Å². The molecule has 1 aromatic rings. The third-order valence-corrected chi connectivity index (χ3v) is 6.08. The molecule has 130 valence electrons. The molecule has 2 saturated heterocycles. The van der Waals surface area contributed by atoms with Crippen molar-refractivity contribution in [3.8, 4) is 0 Å². The van der Waals surface area contributed by atoms with Crippen LogP contribution in [0.5, 0.6) is 0 Å². The van der Waals surface area contributed by atoms with E-state index in [0.717, 1.165) is 5.69 Å². The fraction of sp³-hybridized carbons (Fsp3) is 0.500. The average Bonchev–Trinajstić information content (AvgIpc) is 2.95. The predicted molar refractivity (Wildman–Crippen MR) is 89.9 cm³/mol. The molecule has 2 aliphatic heterocycles. The summed E-state index contributed by atoms with van der Waals surface area (Å²) in [5.74, 6) is -0.355. The van der Waals surface area contributed by atoms with Gasteiger partial charge in [0.15, 0.2) is 0 Å². The highest BCUT2D eigenvalue weighted by atomic mass is 32.2. The number of anilines is 1. The summed E-state index contributed by atoms with van der Waals surface area (Å²) in [6.07, 6.45) is 1.70. The number of rotatable bonds is 2. The second kappa shape index (κ2) is 5.86.